The van der Waals surface area contributed by atoms with Crippen molar-refractivity contribution in [1.29, 1.82) is 0 Å². The molecule has 0 amide bonds. The Labute approximate surface area is 146 Å². The summed E-state index contributed by atoms with van der Waals surface area (Å²) in [5, 5.41) is 11.8. The zero-order chi connectivity index (χ0) is 18.2. The first kappa shape index (κ1) is 17.1. The van der Waals surface area contributed by atoms with E-state index >= 15 is 0 Å². The van der Waals surface area contributed by atoms with E-state index in [1.54, 1.807) is 42.5 Å². The van der Waals surface area contributed by atoms with Crippen LogP contribution in [0.15, 0.2) is 65.6 Å². The highest BCUT2D eigenvalue weighted by molar-refractivity contribution is 7.91. The van der Waals surface area contributed by atoms with E-state index in [9.17, 15) is 18.5 Å². The third-order valence-electron chi connectivity index (χ3n) is 4.37. The van der Waals surface area contributed by atoms with Gasteiger partial charge in [-0.25, -0.2) is 8.42 Å². The predicted octanol–water partition coefficient (Wildman–Crippen LogP) is 4.59. The fourth-order valence-electron chi connectivity index (χ4n) is 2.90. The number of aryl methyl sites for hydroxylation is 1. The maximum atomic E-state index is 12.9. The van der Waals surface area contributed by atoms with Crippen molar-refractivity contribution in [1.82, 2.24) is 0 Å². The number of nitrogens with zero attached hydrogens (tertiary/aromatic N) is 1. The summed E-state index contributed by atoms with van der Waals surface area (Å²) in [6, 6.07) is 16.7. The summed E-state index contributed by atoms with van der Waals surface area (Å²) < 4.78 is 25.9. The second-order valence-electron chi connectivity index (χ2n) is 5.98. The van der Waals surface area contributed by atoms with Gasteiger partial charge in [0.1, 0.15) is 0 Å². The number of nitro benzene ring substituents is 1. The Morgan fingerprint density at radius 3 is 2.24 bits per heavy atom. The molecule has 0 spiro atoms. The Morgan fingerprint density at radius 1 is 0.960 bits per heavy atom. The van der Waals surface area contributed by atoms with E-state index in [-0.39, 0.29) is 16.1 Å². The molecular weight excluding hydrogens is 338 g/mol. The lowest BCUT2D eigenvalue weighted by Crippen LogP contribution is -2.12. The van der Waals surface area contributed by atoms with E-state index in [0.29, 0.717) is 10.8 Å². The molecule has 3 aromatic rings. The van der Waals surface area contributed by atoms with Crippen molar-refractivity contribution in [3.63, 3.8) is 0 Å². The second kappa shape index (κ2) is 6.29. The van der Waals surface area contributed by atoms with Gasteiger partial charge in [-0.2, -0.15) is 0 Å². The average Bonchev–Trinajstić information content (AvgIpc) is 2.60. The van der Waals surface area contributed by atoms with Gasteiger partial charge in [-0.3, -0.25) is 10.1 Å². The summed E-state index contributed by atoms with van der Waals surface area (Å²) in [7, 11) is -3.74. The van der Waals surface area contributed by atoms with Crippen LogP contribution in [0, 0.1) is 17.0 Å². The maximum absolute atomic E-state index is 12.9. The first-order valence-electron chi connectivity index (χ1n) is 7.79. The number of benzene rings is 3. The SMILES string of the molecule is Cc1ccc(S(=O)(=O)C(C)c2ccc3ccccc3c2[N+](=O)[O-])cc1. The van der Waals surface area contributed by atoms with Crippen molar-refractivity contribution >= 4 is 26.3 Å². The second-order valence-corrected chi connectivity index (χ2v) is 8.25. The summed E-state index contributed by atoms with van der Waals surface area (Å²) in [5.74, 6) is 0. The first-order chi connectivity index (χ1) is 11.8. The van der Waals surface area contributed by atoms with Gasteiger partial charge in [0.05, 0.1) is 20.5 Å². The van der Waals surface area contributed by atoms with Crippen LogP contribution >= 0.6 is 0 Å². The highest BCUT2D eigenvalue weighted by Gasteiger charge is 2.31. The maximum Gasteiger partial charge on any atom is 0.281 e. The van der Waals surface area contributed by atoms with Crippen LogP contribution in [0.25, 0.3) is 10.8 Å². The van der Waals surface area contributed by atoms with Crippen molar-refractivity contribution in [3.8, 4) is 0 Å². The molecule has 0 radical (unpaired) electrons. The minimum Gasteiger partial charge on any atom is -0.258 e. The Bertz CT molecular complexity index is 1060. The number of nitro groups is 1. The van der Waals surface area contributed by atoms with E-state index < -0.39 is 20.0 Å². The van der Waals surface area contributed by atoms with E-state index in [2.05, 4.69) is 0 Å². The molecule has 3 rings (SSSR count). The van der Waals surface area contributed by atoms with Crippen LogP contribution in [0.1, 0.15) is 23.3 Å². The third-order valence-corrected chi connectivity index (χ3v) is 6.48. The zero-order valence-corrected chi connectivity index (χ0v) is 14.7. The molecule has 0 bridgehead atoms. The molecule has 6 heteroatoms. The lowest BCUT2D eigenvalue weighted by molar-refractivity contribution is -0.383. The molecule has 0 saturated heterocycles. The van der Waals surface area contributed by atoms with Gasteiger partial charge in [0.15, 0.2) is 9.84 Å². The van der Waals surface area contributed by atoms with E-state index in [4.69, 9.17) is 0 Å². The molecule has 5 nitrogen and oxygen atoms in total. The molecule has 0 fully saturated rings. The smallest absolute Gasteiger partial charge is 0.258 e. The number of rotatable bonds is 4. The fourth-order valence-corrected chi connectivity index (χ4v) is 4.35. The highest BCUT2D eigenvalue weighted by Crippen LogP contribution is 2.38. The van der Waals surface area contributed by atoms with Crippen molar-refractivity contribution in [3.05, 3.63) is 81.9 Å². The Hall–Kier alpha value is -2.73. The quantitative estimate of drug-likeness (QED) is 0.506. The van der Waals surface area contributed by atoms with Crippen molar-refractivity contribution in [2.75, 3.05) is 0 Å². The zero-order valence-electron chi connectivity index (χ0n) is 13.8. The number of hydrogen-bond acceptors (Lipinski definition) is 4. The minimum atomic E-state index is -3.74. The summed E-state index contributed by atoms with van der Waals surface area (Å²) in [4.78, 5) is 11.3. The number of sulfone groups is 1. The van der Waals surface area contributed by atoms with Gasteiger partial charge in [0, 0.05) is 5.56 Å². The van der Waals surface area contributed by atoms with Crippen molar-refractivity contribution in [2.24, 2.45) is 0 Å². The first-order valence-corrected chi connectivity index (χ1v) is 9.33. The number of fused-ring (bicyclic) bond motifs is 1. The van der Waals surface area contributed by atoms with Gasteiger partial charge in [0.25, 0.3) is 5.69 Å². The Balaban J connectivity index is 2.20. The lowest BCUT2D eigenvalue weighted by Gasteiger charge is -2.15. The van der Waals surface area contributed by atoms with Crippen LogP contribution in [0.4, 0.5) is 5.69 Å². The standard InChI is InChI=1S/C19H17NO4S/c1-13-7-10-16(11-8-13)25(23,24)14(2)17-12-9-15-5-3-4-6-18(15)19(17)20(21)22/h3-12,14H,1-2H3. The molecule has 0 N–H and O–H groups in total. The Kier molecular flexibility index (Phi) is 4.30. The lowest BCUT2D eigenvalue weighted by atomic mass is 10.0. The normalized spacial score (nSPS) is 12.9. The van der Waals surface area contributed by atoms with Crippen molar-refractivity contribution in [2.45, 2.75) is 24.0 Å². The molecule has 128 valence electrons. The van der Waals surface area contributed by atoms with Gasteiger partial charge in [-0.15, -0.1) is 0 Å². The molecule has 0 saturated carbocycles. The summed E-state index contributed by atoms with van der Waals surface area (Å²) >= 11 is 0. The molecule has 0 aliphatic carbocycles. The van der Waals surface area contributed by atoms with Crippen LogP contribution in [0.5, 0.6) is 0 Å². The van der Waals surface area contributed by atoms with E-state index in [1.807, 2.05) is 6.92 Å². The monoisotopic (exact) mass is 355 g/mol. The van der Waals surface area contributed by atoms with Crippen LogP contribution < -0.4 is 0 Å². The van der Waals surface area contributed by atoms with Crippen molar-refractivity contribution < 1.29 is 13.3 Å². The Morgan fingerprint density at radius 2 is 1.60 bits per heavy atom. The molecular formula is C19H17NO4S. The van der Waals surface area contributed by atoms with Gasteiger partial charge >= 0.3 is 0 Å². The van der Waals surface area contributed by atoms with Crippen LogP contribution in [-0.4, -0.2) is 13.3 Å². The predicted molar refractivity (Wildman–Crippen MR) is 97.4 cm³/mol. The van der Waals surface area contributed by atoms with E-state index in [0.717, 1.165) is 5.56 Å². The molecule has 0 aliphatic heterocycles. The molecule has 3 aromatic carbocycles. The van der Waals surface area contributed by atoms with Gasteiger partial charge < -0.3 is 0 Å². The molecule has 1 unspecified atom stereocenters. The van der Waals surface area contributed by atoms with Crippen LogP contribution in [0.3, 0.4) is 0 Å². The minimum absolute atomic E-state index is 0.152. The van der Waals surface area contributed by atoms with Crippen LogP contribution in [0.2, 0.25) is 0 Å². The molecule has 25 heavy (non-hydrogen) atoms. The fraction of sp³-hybridized carbons (Fsp3) is 0.158. The topological polar surface area (TPSA) is 77.3 Å². The van der Waals surface area contributed by atoms with Gasteiger partial charge in [-0.05, 0) is 37.4 Å². The van der Waals surface area contributed by atoms with E-state index in [1.165, 1.54) is 25.1 Å². The summed E-state index contributed by atoms with van der Waals surface area (Å²) in [6.45, 7) is 3.36. The molecule has 0 heterocycles. The largest absolute Gasteiger partial charge is 0.281 e. The summed E-state index contributed by atoms with van der Waals surface area (Å²) in [6.07, 6.45) is 0. The summed E-state index contributed by atoms with van der Waals surface area (Å²) in [5.41, 5.74) is 0.994. The van der Waals surface area contributed by atoms with Crippen LogP contribution in [-0.2, 0) is 9.84 Å². The molecule has 0 aliphatic rings. The van der Waals surface area contributed by atoms with Gasteiger partial charge in [-0.1, -0.05) is 48.0 Å². The average molecular weight is 355 g/mol. The third kappa shape index (κ3) is 3.00. The van der Waals surface area contributed by atoms with Gasteiger partial charge in [0.2, 0.25) is 0 Å². The molecule has 1 atom stereocenters. The molecule has 0 aromatic heterocycles. The number of hydrogen-bond donors (Lipinski definition) is 0. The highest BCUT2D eigenvalue weighted by atomic mass is 32.2.